The third-order valence-corrected chi connectivity index (χ3v) is 9.96. The Morgan fingerprint density at radius 1 is 1.33 bits per heavy atom. The van der Waals surface area contributed by atoms with Gasteiger partial charge in [-0.1, -0.05) is 0 Å². The molecule has 2 rings (SSSR count). The number of hydrogen-bond acceptors (Lipinski definition) is 4. The molecule has 3 unspecified atom stereocenters. The van der Waals surface area contributed by atoms with Gasteiger partial charge in [0.1, 0.15) is 0 Å². The van der Waals surface area contributed by atoms with Gasteiger partial charge in [-0.05, 0) is 11.7 Å². The fraction of sp³-hybridized carbons (Fsp3) is 1.00. The van der Waals surface area contributed by atoms with E-state index in [9.17, 15) is 0 Å². The van der Waals surface area contributed by atoms with Gasteiger partial charge in [0, 0.05) is 22.5 Å². The second-order valence-electron chi connectivity index (χ2n) is 3.15. The molecule has 2 fully saturated rings. The Labute approximate surface area is 96.0 Å². The number of thiol groups is 3. The molecule has 0 radical (unpaired) electrons. The fourth-order valence-electron chi connectivity index (χ4n) is 1.68. The summed E-state index contributed by atoms with van der Waals surface area (Å²) in [5.74, 6) is 6.08. The maximum Gasteiger partial charge on any atom is 0.0549 e. The van der Waals surface area contributed by atoms with E-state index in [0.29, 0.717) is 0 Å². The van der Waals surface area contributed by atoms with Crippen molar-refractivity contribution >= 4 is 57.7 Å². The number of hydrogen-bond donors (Lipinski definition) is 3. The summed E-state index contributed by atoms with van der Waals surface area (Å²) in [4.78, 5) is 0. The molecule has 2 heterocycles. The highest BCUT2D eigenvalue weighted by atomic mass is 33.1. The zero-order valence-corrected chi connectivity index (χ0v) is 11.0. The van der Waals surface area contributed by atoms with Crippen molar-refractivity contribution in [3.8, 4) is 0 Å². The van der Waals surface area contributed by atoms with Crippen molar-refractivity contribution in [3.63, 3.8) is 0 Å². The van der Waals surface area contributed by atoms with Crippen molar-refractivity contribution < 1.29 is 0 Å². The summed E-state index contributed by atoms with van der Waals surface area (Å²) in [7, 11) is 0.0547. The van der Waals surface area contributed by atoms with E-state index >= 15 is 0 Å². The summed E-state index contributed by atoms with van der Waals surface area (Å²) in [5, 5.41) is 0.842. The first kappa shape index (κ1) is 10.3. The van der Waals surface area contributed by atoms with Crippen LogP contribution in [-0.4, -0.2) is 32.8 Å². The molecular formula is C7H14S5. The van der Waals surface area contributed by atoms with Crippen molar-refractivity contribution in [2.45, 2.75) is 9.83 Å². The third-order valence-electron chi connectivity index (χ3n) is 2.46. The lowest BCUT2D eigenvalue weighted by molar-refractivity contribution is 0.605. The lowest BCUT2D eigenvalue weighted by Crippen LogP contribution is -2.40. The Morgan fingerprint density at radius 2 is 2.00 bits per heavy atom. The van der Waals surface area contributed by atoms with E-state index in [-0.39, 0.29) is 9.93 Å². The molecule has 2 aliphatic heterocycles. The van der Waals surface area contributed by atoms with Crippen molar-refractivity contribution in [1.82, 2.24) is 0 Å². The van der Waals surface area contributed by atoms with E-state index < -0.39 is 0 Å². The summed E-state index contributed by atoms with van der Waals surface area (Å²) >= 11 is 13.3. The maximum atomic E-state index is 4.61. The molecule has 0 bridgehead atoms. The molecule has 2 aliphatic rings. The van der Waals surface area contributed by atoms with Crippen molar-refractivity contribution in [3.05, 3.63) is 0 Å². The molecule has 3 atom stereocenters. The van der Waals surface area contributed by atoms with E-state index in [4.69, 9.17) is 0 Å². The van der Waals surface area contributed by atoms with Gasteiger partial charge in [0.2, 0.25) is 0 Å². The number of rotatable bonds is 2. The van der Waals surface area contributed by atoms with Crippen LogP contribution in [0.5, 0.6) is 0 Å². The van der Waals surface area contributed by atoms with Gasteiger partial charge in [-0.25, -0.2) is 9.93 Å². The SMILES string of the molecule is SCC1C(C2SCCS2)C[SH]1S. The zero-order chi connectivity index (χ0) is 8.55. The first-order valence-corrected chi connectivity index (χ1v) is 9.60. The van der Waals surface area contributed by atoms with Crippen LogP contribution < -0.4 is 0 Å². The quantitative estimate of drug-likeness (QED) is 0.514. The predicted molar refractivity (Wildman–Crippen MR) is 72.7 cm³/mol. The summed E-state index contributed by atoms with van der Waals surface area (Å²) in [5.41, 5.74) is 0. The lowest BCUT2D eigenvalue weighted by atomic mass is 10.1. The van der Waals surface area contributed by atoms with Crippen LogP contribution in [0.3, 0.4) is 0 Å². The highest BCUT2D eigenvalue weighted by molar-refractivity contribution is 8.79. The molecule has 0 spiro atoms. The van der Waals surface area contributed by atoms with E-state index in [2.05, 4.69) is 47.8 Å². The van der Waals surface area contributed by atoms with Crippen LogP contribution in [0.15, 0.2) is 0 Å². The van der Waals surface area contributed by atoms with Crippen LogP contribution in [0.4, 0.5) is 0 Å². The molecule has 0 nitrogen and oxygen atoms in total. The molecule has 5 heteroatoms. The smallest absolute Gasteiger partial charge is 0.0549 e. The van der Waals surface area contributed by atoms with Crippen LogP contribution in [-0.2, 0) is 0 Å². The third kappa shape index (κ3) is 1.90. The average molecular weight is 259 g/mol. The molecule has 0 aromatic carbocycles. The predicted octanol–water partition coefficient (Wildman–Crippen LogP) is 2.57. The van der Waals surface area contributed by atoms with Gasteiger partial charge in [-0.2, -0.15) is 12.6 Å². The molecule has 0 aromatic heterocycles. The first-order chi connectivity index (χ1) is 5.83. The minimum Gasteiger partial charge on any atom is -0.203 e. The van der Waals surface area contributed by atoms with Gasteiger partial charge in [0.25, 0.3) is 0 Å². The van der Waals surface area contributed by atoms with E-state index in [1.54, 1.807) is 0 Å². The highest BCUT2D eigenvalue weighted by Crippen LogP contribution is 2.58. The van der Waals surface area contributed by atoms with Crippen LogP contribution in [0.25, 0.3) is 0 Å². The summed E-state index contributed by atoms with van der Waals surface area (Å²) in [6.45, 7) is 0. The standard InChI is InChI=1S/C7H14S5/c8-3-6-5(4-12(6)9)7-10-1-2-11-7/h5-9,12H,1-4H2. The Morgan fingerprint density at radius 3 is 2.50 bits per heavy atom. The van der Waals surface area contributed by atoms with Crippen molar-refractivity contribution in [1.29, 1.82) is 0 Å². The summed E-state index contributed by atoms with van der Waals surface area (Å²) in [6.07, 6.45) is 0. The lowest BCUT2D eigenvalue weighted by Gasteiger charge is -2.46. The van der Waals surface area contributed by atoms with Gasteiger partial charge < -0.3 is 0 Å². The highest BCUT2D eigenvalue weighted by Gasteiger charge is 2.42. The molecular weight excluding hydrogens is 244 g/mol. The van der Waals surface area contributed by atoms with E-state index in [0.717, 1.165) is 21.5 Å². The average Bonchev–Trinajstić information content (AvgIpc) is 2.52. The number of thioether (sulfide) groups is 2. The molecule has 0 amide bonds. The topological polar surface area (TPSA) is 0 Å². The van der Waals surface area contributed by atoms with Gasteiger partial charge in [0.15, 0.2) is 0 Å². The van der Waals surface area contributed by atoms with Gasteiger partial charge in [-0.3, -0.25) is 0 Å². The molecule has 0 saturated carbocycles. The van der Waals surface area contributed by atoms with Crippen LogP contribution >= 0.6 is 57.7 Å². The normalized spacial score (nSPS) is 46.0. The molecule has 12 heavy (non-hydrogen) atoms. The minimum atomic E-state index is 0.0547. The van der Waals surface area contributed by atoms with E-state index in [1.165, 1.54) is 17.3 Å². The van der Waals surface area contributed by atoms with Crippen LogP contribution in [0, 0.1) is 5.92 Å². The molecule has 0 aromatic rings. The second-order valence-corrected chi connectivity index (χ2v) is 9.76. The van der Waals surface area contributed by atoms with Crippen molar-refractivity contribution in [2.75, 3.05) is 23.0 Å². The largest absolute Gasteiger partial charge is 0.203 e. The van der Waals surface area contributed by atoms with Crippen LogP contribution in [0.1, 0.15) is 0 Å². The Bertz CT molecular complexity index is 154. The first-order valence-electron chi connectivity index (χ1n) is 4.12. The maximum absolute atomic E-state index is 4.61. The molecule has 0 N–H and O–H groups in total. The molecule has 0 aliphatic carbocycles. The van der Waals surface area contributed by atoms with Gasteiger partial charge >= 0.3 is 0 Å². The Hall–Kier alpha value is 1.75. The molecule has 72 valence electrons. The summed E-state index contributed by atoms with van der Waals surface area (Å²) in [6, 6.07) is 0. The fourth-order valence-corrected chi connectivity index (χ4v) is 9.71. The molecule has 2 saturated heterocycles. The second kappa shape index (κ2) is 4.51. The Balaban J connectivity index is 1.88. The monoisotopic (exact) mass is 258 g/mol. The minimum absolute atomic E-state index is 0.0547. The van der Waals surface area contributed by atoms with Gasteiger partial charge in [0.05, 0.1) is 4.58 Å². The summed E-state index contributed by atoms with van der Waals surface area (Å²) < 4.78 is 0.882. The van der Waals surface area contributed by atoms with Crippen LogP contribution in [0.2, 0.25) is 0 Å². The van der Waals surface area contributed by atoms with E-state index in [1.807, 2.05) is 0 Å². The van der Waals surface area contributed by atoms with Crippen molar-refractivity contribution in [2.24, 2.45) is 5.92 Å². The zero-order valence-electron chi connectivity index (χ0n) is 6.72. The van der Waals surface area contributed by atoms with Gasteiger partial charge in [-0.15, -0.1) is 35.2 Å². The Kier molecular flexibility index (Phi) is 3.86.